The number of aromatic carboxylic acids is 2. The topological polar surface area (TPSA) is 163 Å². The molecule has 1 aromatic carbocycles. The van der Waals surface area contributed by atoms with Crippen molar-refractivity contribution in [3.8, 4) is 22.6 Å². The van der Waals surface area contributed by atoms with Crippen molar-refractivity contribution in [3.05, 3.63) is 39.7 Å². The number of nitrogens with one attached hydrogen (secondary N) is 1. The van der Waals surface area contributed by atoms with Gasteiger partial charge in [0.25, 0.3) is 5.56 Å². The number of phenolic OH excluding ortho intramolecular Hbond substituents is 1. The van der Waals surface area contributed by atoms with E-state index < -0.39 is 45.8 Å². The lowest BCUT2D eigenvalue weighted by Crippen LogP contribution is -2.24. The Balaban J connectivity index is 3.04. The number of para-hydroxylation sites is 1. The lowest BCUT2D eigenvalue weighted by Gasteiger charge is -2.14. The Morgan fingerprint density at radius 3 is 2.30 bits per heavy atom. The minimum Gasteiger partial charge on any atom is -0.504 e. The van der Waals surface area contributed by atoms with Crippen molar-refractivity contribution in [2.75, 3.05) is 12.8 Å². The first-order chi connectivity index (χ1) is 10.8. The lowest BCUT2D eigenvalue weighted by atomic mass is 9.94. The number of carboxylic acid groups (broad SMARTS) is 2. The van der Waals surface area contributed by atoms with Crippen molar-refractivity contribution < 1.29 is 29.6 Å². The molecular formula is C14H12N2O7. The summed E-state index contributed by atoms with van der Waals surface area (Å²) in [6, 6.07) is 4.05. The second-order valence-corrected chi connectivity index (χ2v) is 4.46. The third-order valence-corrected chi connectivity index (χ3v) is 3.16. The van der Waals surface area contributed by atoms with Crippen LogP contribution in [-0.2, 0) is 0 Å². The first-order valence-electron chi connectivity index (χ1n) is 6.18. The lowest BCUT2D eigenvalue weighted by molar-refractivity contribution is 0.0695. The van der Waals surface area contributed by atoms with Gasteiger partial charge in [0.2, 0.25) is 0 Å². The Hall–Kier alpha value is -3.49. The van der Waals surface area contributed by atoms with Gasteiger partial charge in [-0.2, -0.15) is 0 Å². The molecule has 120 valence electrons. The van der Waals surface area contributed by atoms with E-state index in [9.17, 15) is 29.7 Å². The number of aromatic nitrogens is 1. The minimum absolute atomic E-state index is 0.0194. The number of carbonyl (C=O) groups is 2. The number of hydrogen-bond acceptors (Lipinski definition) is 6. The van der Waals surface area contributed by atoms with Crippen LogP contribution in [0, 0.1) is 0 Å². The number of benzene rings is 1. The Bertz CT molecular complexity index is 870. The van der Waals surface area contributed by atoms with Crippen LogP contribution in [0.4, 0.5) is 5.82 Å². The zero-order valence-electron chi connectivity index (χ0n) is 11.8. The van der Waals surface area contributed by atoms with Crippen LogP contribution in [0.3, 0.4) is 0 Å². The highest BCUT2D eigenvalue weighted by Crippen LogP contribution is 2.40. The van der Waals surface area contributed by atoms with Gasteiger partial charge in [-0.15, -0.1) is 0 Å². The fourth-order valence-corrected chi connectivity index (χ4v) is 2.20. The molecule has 0 bridgehead atoms. The molecule has 9 nitrogen and oxygen atoms in total. The Morgan fingerprint density at radius 1 is 1.17 bits per heavy atom. The molecule has 6 N–H and O–H groups in total. The molecule has 0 spiro atoms. The molecule has 0 radical (unpaired) electrons. The number of nitrogens with two attached hydrogens (primary N) is 1. The van der Waals surface area contributed by atoms with Crippen molar-refractivity contribution in [1.29, 1.82) is 0 Å². The Morgan fingerprint density at radius 2 is 1.78 bits per heavy atom. The molecule has 23 heavy (non-hydrogen) atoms. The highest BCUT2D eigenvalue weighted by molar-refractivity contribution is 6.08. The number of H-pyrrole nitrogens is 1. The Labute approximate surface area is 128 Å². The molecule has 0 fully saturated rings. The zero-order valence-corrected chi connectivity index (χ0v) is 11.8. The largest absolute Gasteiger partial charge is 0.504 e. The Kier molecular flexibility index (Phi) is 3.95. The number of nitrogen functional groups attached to an aromatic ring is 1. The van der Waals surface area contributed by atoms with Crippen molar-refractivity contribution >= 4 is 17.8 Å². The molecule has 0 amide bonds. The average molecular weight is 320 g/mol. The summed E-state index contributed by atoms with van der Waals surface area (Å²) in [5, 5.41) is 28.7. The quantitative estimate of drug-likeness (QED) is 0.550. The molecule has 0 saturated heterocycles. The SMILES string of the molecule is COc1cccc(-c2c(C(=O)O)c(N)[nH]c(=O)c2C(=O)O)c1O. The van der Waals surface area contributed by atoms with Crippen LogP contribution in [0.5, 0.6) is 11.5 Å². The van der Waals surface area contributed by atoms with E-state index in [2.05, 4.69) is 0 Å². The molecule has 0 atom stereocenters. The number of aromatic hydroxyl groups is 1. The maximum absolute atomic E-state index is 11.9. The van der Waals surface area contributed by atoms with E-state index in [1.807, 2.05) is 4.98 Å². The van der Waals surface area contributed by atoms with E-state index in [0.29, 0.717) is 0 Å². The van der Waals surface area contributed by atoms with Crippen LogP contribution >= 0.6 is 0 Å². The fraction of sp³-hybridized carbons (Fsp3) is 0.0714. The van der Waals surface area contributed by atoms with Crippen molar-refractivity contribution in [2.24, 2.45) is 0 Å². The summed E-state index contributed by atoms with van der Waals surface area (Å²) in [5.41, 5.74) is 2.25. The van der Waals surface area contributed by atoms with Gasteiger partial charge >= 0.3 is 11.9 Å². The number of pyridine rings is 1. The molecule has 0 unspecified atom stereocenters. The highest BCUT2D eigenvalue weighted by Gasteiger charge is 2.28. The van der Waals surface area contributed by atoms with Crippen LogP contribution in [-0.4, -0.2) is 39.4 Å². The molecular weight excluding hydrogens is 308 g/mol. The smallest absolute Gasteiger partial charge is 0.342 e. The molecule has 0 aliphatic carbocycles. The zero-order chi connectivity index (χ0) is 17.3. The molecule has 0 aliphatic heterocycles. The first-order valence-corrected chi connectivity index (χ1v) is 6.18. The number of hydrogen-bond donors (Lipinski definition) is 5. The maximum Gasteiger partial charge on any atom is 0.342 e. The standard InChI is InChI=1S/C14H12N2O7/c1-23-6-4-2-3-5(10(6)17)7-8(13(19)20)11(15)16-12(18)9(7)14(21)22/h2-4,17H,1H3,(H,19,20)(H,21,22)(H3,15,16,18). The summed E-state index contributed by atoms with van der Waals surface area (Å²) in [5.74, 6) is -4.27. The summed E-state index contributed by atoms with van der Waals surface area (Å²) in [6.45, 7) is 0. The normalized spacial score (nSPS) is 10.3. The average Bonchev–Trinajstić information content (AvgIpc) is 2.45. The van der Waals surface area contributed by atoms with Crippen LogP contribution < -0.4 is 16.0 Å². The van der Waals surface area contributed by atoms with Gasteiger partial charge in [-0.1, -0.05) is 12.1 Å². The second kappa shape index (κ2) is 5.72. The van der Waals surface area contributed by atoms with Gasteiger partial charge in [0.1, 0.15) is 16.9 Å². The van der Waals surface area contributed by atoms with Gasteiger partial charge in [0, 0.05) is 11.1 Å². The number of phenols is 1. The molecule has 2 rings (SSSR count). The van der Waals surface area contributed by atoms with Crippen molar-refractivity contribution in [1.82, 2.24) is 4.98 Å². The molecule has 0 aliphatic rings. The number of carboxylic acids is 2. The first kappa shape index (κ1) is 15.9. The number of aromatic amines is 1. The van der Waals surface area contributed by atoms with Gasteiger partial charge in [0.05, 0.1) is 7.11 Å². The van der Waals surface area contributed by atoms with Crippen LogP contribution in [0.15, 0.2) is 23.0 Å². The number of rotatable bonds is 4. The predicted octanol–water partition coefficient (Wildman–Crippen LogP) is 0.735. The fourth-order valence-electron chi connectivity index (χ4n) is 2.20. The monoisotopic (exact) mass is 320 g/mol. The van der Waals surface area contributed by atoms with Crippen LogP contribution in [0.2, 0.25) is 0 Å². The summed E-state index contributed by atoms with van der Waals surface area (Å²) in [7, 11) is 1.27. The van der Waals surface area contributed by atoms with Gasteiger partial charge in [-0.25, -0.2) is 9.59 Å². The number of anilines is 1. The third-order valence-electron chi connectivity index (χ3n) is 3.16. The van der Waals surface area contributed by atoms with Gasteiger partial charge in [-0.3, -0.25) is 4.79 Å². The number of methoxy groups -OCH3 is 1. The van der Waals surface area contributed by atoms with E-state index in [1.54, 1.807) is 0 Å². The van der Waals surface area contributed by atoms with E-state index in [1.165, 1.54) is 25.3 Å². The second-order valence-electron chi connectivity index (χ2n) is 4.46. The number of ether oxygens (including phenoxy) is 1. The van der Waals surface area contributed by atoms with E-state index >= 15 is 0 Å². The van der Waals surface area contributed by atoms with Crippen LogP contribution in [0.1, 0.15) is 20.7 Å². The molecule has 2 aromatic rings. The molecule has 9 heteroatoms. The van der Waals surface area contributed by atoms with E-state index in [0.717, 1.165) is 0 Å². The predicted molar refractivity (Wildman–Crippen MR) is 79.0 cm³/mol. The minimum atomic E-state index is -1.66. The summed E-state index contributed by atoms with van der Waals surface area (Å²) < 4.78 is 4.91. The van der Waals surface area contributed by atoms with Gasteiger partial charge < -0.3 is 30.8 Å². The van der Waals surface area contributed by atoms with Crippen molar-refractivity contribution in [3.63, 3.8) is 0 Å². The highest BCUT2D eigenvalue weighted by atomic mass is 16.5. The van der Waals surface area contributed by atoms with Gasteiger partial charge in [0.15, 0.2) is 11.5 Å². The van der Waals surface area contributed by atoms with Crippen molar-refractivity contribution in [2.45, 2.75) is 0 Å². The maximum atomic E-state index is 11.9. The van der Waals surface area contributed by atoms with E-state index in [4.69, 9.17) is 10.5 Å². The summed E-state index contributed by atoms with van der Waals surface area (Å²) >= 11 is 0. The summed E-state index contributed by atoms with van der Waals surface area (Å²) in [6.07, 6.45) is 0. The van der Waals surface area contributed by atoms with E-state index in [-0.39, 0.29) is 11.3 Å². The molecule has 1 heterocycles. The molecule has 0 saturated carbocycles. The third kappa shape index (κ3) is 2.55. The van der Waals surface area contributed by atoms with Crippen LogP contribution in [0.25, 0.3) is 11.1 Å². The van der Waals surface area contributed by atoms with Gasteiger partial charge in [-0.05, 0) is 6.07 Å². The summed E-state index contributed by atoms with van der Waals surface area (Å²) in [4.78, 5) is 36.7. The molecule has 1 aromatic heterocycles.